The average molecular weight is 300 g/mol. The first-order valence-electron chi connectivity index (χ1n) is 7.26. The third-order valence-electron chi connectivity index (χ3n) is 3.45. The standard InChI is InChI=1S/C17H20N2OS/c18-19-17(12-21-16-7-2-1-3-8-16)13-5-4-6-15(11-13)20-14-9-10-14/h1-8,11,14,17,19H,9-10,12,18H2. The van der Waals surface area contributed by atoms with E-state index in [2.05, 4.69) is 41.8 Å². The Hall–Kier alpha value is -1.49. The molecule has 0 bridgehead atoms. The molecule has 1 unspecified atom stereocenters. The lowest BCUT2D eigenvalue weighted by Crippen LogP contribution is -2.29. The van der Waals surface area contributed by atoms with Gasteiger partial charge in [-0.05, 0) is 42.7 Å². The Kier molecular flexibility index (Phi) is 4.80. The van der Waals surface area contributed by atoms with Crippen LogP contribution in [0.25, 0.3) is 0 Å². The van der Waals surface area contributed by atoms with Crippen molar-refractivity contribution >= 4 is 11.8 Å². The molecule has 2 aromatic rings. The van der Waals surface area contributed by atoms with Crippen LogP contribution in [-0.4, -0.2) is 11.9 Å². The molecule has 3 rings (SSSR count). The minimum Gasteiger partial charge on any atom is -0.490 e. The van der Waals surface area contributed by atoms with Gasteiger partial charge in [0.1, 0.15) is 5.75 Å². The maximum atomic E-state index is 5.85. The number of ether oxygens (including phenoxy) is 1. The van der Waals surface area contributed by atoms with Gasteiger partial charge in [0.25, 0.3) is 0 Å². The molecule has 2 aromatic carbocycles. The van der Waals surface area contributed by atoms with Crippen molar-refractivity contribution < 1.29 is 4.74 Å². The molecule has 21 heavy (non-hydrogen) atoms. The second-order valence-corrected chi connectivity index (χ2v) is 6.33. The van der Waals surface area contributed by atoms with E-state index in [1.54, 1.807) is 11.8 Å². The number of rotatable bonds is 7. The number of nitrogens with two attached hydrogens (primary N) is 1. The zero-order valence-corrected chi connectivity index (χ0v) is 12.7. The van der Waals surface area contributed by atoms with Crippen LogP contribution >= 0.6 is 11.8 Å². The molecule has 0 spiro atoms. The summed E-state index contributed by atoms with van der Waals surface area (Å²) in [6.45, 7) is 0. The Labute approximate surface area is 129 Å². The van der Waals surface area contributed by atoms with Crippen LogP contribution in [0.4, 0.5) is 0 Å². The minimum atomic E-state index is 0.109. The molecular formula is C17H20N2OS. The maximum Gasteiger partial charge on any atom is 0.120 e. The minimum absolute atomic E-state index is 0.109. The average Bonchev–Trinajstić information content (AvgIpc) is 3.33. The second kappa shape index (κ2) is 6.98. The van der Waals surface area contributed by atoms with E-state index in [0.717, 1.165) is 11.5 Å². The molecule has 0 aliphatic heterocycles. The van der Waals surface area contributed by atoms with Gasteiger partial charge >= 0.3 is 0 Å². The zero-order valence-electron chi connectivity index (χ0n) is 11.9. The summed E-state index contributed by atoms with van der Waals surface area (Å²) < 4.78 is 5.85. The van der Waals surface area contributed by atoms with Gasteiger partial charge in [-0.15, -0.1) is 11.8 Å². The highest BCUT2D eigenvalue weighted by Crippen LogP contribution is 2.30. The predicted octanol–water partition coefficient (Wildman–Crippen LogP) is 3.52. The Morgan fingerprint density at radius 3 is 2.67 bits per heavy atom. The first-order chi connectivity index (χ1) is 10.3. The van der Waals surface area contributed by atoms with E-state index < -0.39 is 0 Å². The predicted molar refractivity (Wildman–Crippen MR) is 87.3 cm³/mol. The van der Waals surface area contributed by atoms with Gasteiger partial charge in [-0.1, -0.05) is 30.3 Å². The van der Waals surface area contributed by atoms with E-state index in [9.17, 15) is 0 Å². The third kappa shape index (κ3) is 4.24. The number of benzene rings is 2. The van der Waals surface area contributed by atoms with E-state index in [-0.39, 0.29) is 6.04 Å². The topological polar surface area (TPSA) is 47.3 Å². The molecule has 0 aromatic heterocycles. The molecule has 1 saturated carbocycles. The summed E-state index contributed by atoms with van der Waals surface area (Å²) in [5.74, 6) is 7.56. The van der Waals surface area contributed by atoms with Crippen LogP contribution in [0.15, 0.2) is 59.5 Å². The Morgan fingerprint density at radius 1 is 1.14 bits per heavy atom. The summed E-state index contributed by atoms with van der Waals surface area (Å²) in [6.07, 6.45) is 2.77. The van der Waals surface area contributed by atoms with Gasteiger partial charge in [-0.3, -0.25) is 11.3 Å². The summed E-state index contributed by atoms with van der Waals surface area (Å²) in [4.78, 5) is 1.25. The molecule has 3 N–H and O–H groups in total. The molecule has 3 nitrogen and oxygen atoms in total. The fraction of sp³-hybridized carbons (Fsp3) is 0.294. The molecule has 0 heterocycles. The van der Waals surface area contributed by atoms with Crippen molar-refractivity contribution in [1.82, 2.24) is 5.43 Å². The highest BCUT2D eigenvalue weighted by Gasteiger charge is 2.23. The van der Waals surface area contributed by atoms with Gasteiger partial charge in [0, 0.05) is 10.6 Å². The first kappa shape index (κ1) is 14.4. The van der Waals surface area contributed by atoms with Gasteiger partial charge < -0.3 is 4.74 Å². The number of thioether (sulfide) groups is 1. The lowest BCUT2D eigenvalue weighted by atomic mass is 10.1. The third-order valence-corrected chi connectivity index (χ3v) is 4.55. The Balaban J connectivity index is 1.64. The van der Waals surface area contributed by atoms with Crippen molar-refractivity contribution in [3.8, 4) is 5.75 Å². The van der Waals surface area contributed by atoms with Gasteiger partial charge in [-0.2, -0.15) is 0 Å². The fourth-order valence-corrected chi connectivity index (χ4v) is 3.12. The largest absolute Gasteiger partial charge is 0.490 e. The van der Waals surface area contributed by atoms with E-state index in [1.165, 1.54) is 23.3 Å². The van der Waals surface area contributed by atoms with Crippen LogP contribution in [0, 0.1) is 0 Å². The maximum absolute atomic E-state index is 5.85. The van der Waals surface area contributed by atoms with Crippen molar-refractivity contribution in [3.05, 3.63) is 60.2 Å². The van der Waals surface area contributed by atoms with Crippen molar-refractivity contribution in [2.45, 2.75) is 29.9 Å². The van der Waals surface area contributed by atoms with Crippen molar-refractivity contribution in [2.24, 2.45) is 5.84 Å². The van der Waals surface area contributed by atoms with Crippen molar-refractivity contribution in [3.63, 3.8) is 0 Å². The van der Waals surface area contributed by atoms with Crippen LogP contribution in [0.5, 0.6) is 5.75 Å². The monoisotopic (exact) mass is 300 g/mol. The van der Waals surface area contributed by atoms with Gasteiger partial charge in [0.15, 0.2) is 0 Å². The van der Waals surface area contributed by atoms with Crippen molar-refractivity contribution in [2.75, 3.05) is 5.75 Å². The highest BCUT2D eigenvalue weighted by molar-refractivity contribution is 7.99. The van der Waals surface area contributed by atoms with Crippen molar-refractivity contribution in [1.29, 1.82) is 0 Å². The summed E-state index contributed by atoms with van der Waals surface area (Å²) >= 11 is 1.80. The molecule has 1 fully saturated rings. The van der Waals surface area contributed by atoms with Crippen LogP contribution < -0.4 is 16.0 Å². The van der Waals surface area contributed by atoms with Crippen LogP contribution in [0.3, 0.4) is 0 Å². The molecule has 1 atom stereocenters. The lowest BCUT2D eigenvalue weighted by molar-refractivity contribution is 0.302. The molecule has 0 radical (unpaired) electrons. The SMILES string of the molecule is NNC(CSc1ccccc1)c1cccc(OC2CC2)c1. The summed E-state index contributed by atoms with van der Waals surface area (Å²) in [5.41, 5.74) is 4.07. The molecule has 1 aliphatic carbocycles. The Morgan fingerprint density at radius 2 is 1.95 bits per heavy atom. The first-order valence-corrected chi connectivity index (χ1v) is 8.24. The van der Waals surface area contributed by atoms with Crippen LogP contribution in [-0.2, 0) is 0 Å². The summed E-state index contributed by atoms with van der Waals surface area (Å²) in [5, 5.41) is 0. The normalized spacial score (nSPS) is 15.7. The lowest BCUT2D eigenvalue weighted by Gasteiger charge is -2.17. The molecule has 4 heteroatoms. The van der Waals surface area contributed by atoms with Gasteiger partial charge in [0.05, 0.1) is 12.1 Å². The number of hydrogen-bond donors (Lipinski definition) is 2. The van der Waals surface area contributed by atoms with E-state index in [0.29, 0.717) is 6.10 Å². The smallest absolute Gasteiger partial charge is 0.120 e. The Bertz CT molecular complexity index is 572. The summed E-state index contributed by atoms with van der Waals surface area (Å²) in [6, 6.07) is 18.7. The zero-order chi connectivity index (χ0) is 14.5. The van der Waals surface area contributed by atoms with Gasteiger partial charge in [0.2, 0.25) is 0 Å². The molecule has 1 aliphatic rings. The van der Waals surface area contributed by atoms with E-state index in [1.807, 2.05) is 18.2 Å². The van der Waals surface area contributed by atoms with E-state index in [4.69, 9.17) is 10.6 Å². The number of nitrogens with one attached hydrogen (secondary N) is 1. The van der Waals surface area contributed by atoms with Crippen LogP contribution in [0.2, 0.25) is 0 Å². The second-order valence-electron chi connectivity index (χ2n) is 5.23. The fourth-order valence-electron chi connectivity index (χ4n) is 2.12. The van der Waals surface area contributed by atoms with Crippen LogP contribution in [0.1, 0.15) is 24.4 Å². The number of hydrogen-bond acceptors (Lipinski definition) is 4. The summed E-state index contributed by atoms with van der Waals surface area (Å²) in [7, 11) is 0. The molecule has 0 amide bonds. The number of hydrazine groups is 1. The quantitative estimate of drug-likeness (QED) is 0.466. The molecule has 0 saturated heterocycles. The molecular weight excluding hydrogens is 280 g/mol. The highest BCUT2D eigenvalue weighted by atomic mass is 32.2. The van der Waals surface area contributed by atoms with Gasteiger partial charge in [-0.25, -0.2) is 0 Å². The van der Waals surface area contributed by atoms with E-state index >= 15 is 0 Å². The molecule has 110 valence electrons.